The van der Waals surface area contributed by atoms with E-state index in [-0.39, 0.29) is 10.9 Å². The lowest BCUT2D eigenvalue weighted by atomic mass is 10.1. The third-order valence-electron chi connectivity index (χ3n) is 3.25. The van der Waals surface area contributed by atoms with Crippen molar-refractivity contribution >= 4 is 22.5 Å². The van der Waals surface area contributed by atoms with Crippen LogP contribution in [-0.4, -0.2) is 9.97 Å². The number of aromatic amines is 1. The van der Waals surface area contributed by atoms with Crippen LogP contribution in [0.1, 0.15) is 5.56 Å². The summed E-state index contributed by atoms with van der Waals surface area (Å²) in [6.07, 6.45) is -4.83. The average Bonchev–Trinajstić information content (AvgIpc) is 2.48. The Hall–Kier alpha value is -2.41. The van der Waals surface area contributed by atoms with Crippen LogP contribution in [0.5, 0.6) is 0 Å². The summed E-state index contributed by atoms with van der Waals surface area (Å²) in [4.78, 5) is 18.1. The van der Waals surface area contributed by atoms with Gasteiger partial charge in [0.2, 0.25) is 0 Å². The van der Waals surface area contributed by atoms with Crippen LogP contribution in [0.15, 0.2) is 41.2 Å². The Morgan fingerprint density at radius 1 is 1.09 bits per heavy atom. The first-order chi connectivity index (χ1) is 10.8. The number of nitrogens with zero attached hydrogens (tertiary/aromatic N) is 1. The van der Waals surface area contributed by atoms with Gasteiger partial charge in [-0.2, -0.15) is 13.2 Å². The highest BCUT2D eigenvalue weighted by atomic mass is 35.5. The second-order valence-electron chi connectivity index (χ2n) is 4.71. The van der Waals surface area contributed by atoms with Gasteiger partial charge in [-0.15, -0.1) is 0 Å². The van der Waals surface area contributed by atoms with Gasteiger partial charge in [0.05, 0.1) is 27.1 Å². The molecule has 2 aromatic carbocycles. The van der Waals surface area contributed by atoms with E-state index in [0.29, 0.717) is 6.07 Å². The summed E-state index contributed by atoms with van der Waals surface area (Å²) in [6.45, 7) is 0. The van der Waals surface area contributed by atoms with Crippen molar-refractivity contribution < 1.29 is 17.6 Å². The fourth-order valence-corrected chi connectivity index (χ4v) is 2.38. The summed E-state index contributed by atoms with van der Waals surface area (Å²) in [5.74, 6) is -1.82. The number of nitrogens with one attached hydrogen (secondary N) is 1. The van der Waals surface area contributed by atoms with Crippen molar-refractivity contribution in [3.05, 3.63) is 63.2 Å². The molecular formula is C15H7ClF4N2O. The molecule has 3 rings (SSSR count). The molecule has 0 saturated heterocycles. The smallest absolute Gasteiger partial charge is 0.306 e. The monoisotopic (exact) mass is 342 g/mol. The van der Waals surface area contributed by atoms with Gasteiger partial charge in [-0.25, -0.2) is 9.37 Å². The van der Waals surface area contributed by atoms with Gasteiger partial charge in [-0.3, -0.25) is 4.79 Å². The number of alkyl halides is 3. The minimum Gasteiger partial charge on any atom is -0.306 e. The van der Waals surface area contributed by atoms with E-state index < -0.39 is 39.5 Å². The minimum atomic E-state index is -4.83. The third kappa shape index (κ3) is 2.68. The minimum absolute atomic E-state index is 0.152. The normalized spacial score (nSPS) is 11.9. The molecule has 3 aromatic rings. The molecule has 0 aliphatic carbocycles. The molecule has 0 radical (unpaired) electrons. The fourth-order valence-electron chi connectivity index (χ4n) is 2.22. The molecular weight excluding hydrogens is 336 g/mol. The van der Waals surface area contributed by atoms with Gasteiger partial charge in [-0.05, 0) is 24.3 Å². The second kappa shape index (κ2) is 5.34. The average molecular weight is 343 g/mol. The molecule has 0 amide bonds. The molecule has 0 atom stereocenters. The van der Waals surface area contributed by atoms with E-state index in [2.05, 4.69) is 9.97 Å². The Balaban J connectivity index is 2.39. The molecule has 1 N–H and O–H groups in total. The maximum absolute atomic E-state index is 14.2. The van der Waals surface area contributed by atoms with Crippen LogP contribution in [0.25, 0.3) is 22.3 Å². The van der Waals surface area contributed by atoms with Crippen molar-refractivity contribution in [3.63, 3.8) is 0 Å². The summed E-state index contributed by atoms with van der Waals surface area (Å²) in [5.41, 5.74) is -2.66. The summed E-state index contributed by atoms with van der Waals surface area (Å²) in [6, 6.07) is 7.52. The van der Waals surface area contributed by atoms with Crippen LogP contribution >= 0.6 is 11.6 Å². The zero-order chi connectivity index (χ0) is 16.8. The molecule has 1 aromatic heterocycles. The predicted octanol–water partition coefficient (Wildman–Crippen LogP) is 4.40. The Labute approximate surface area is 131 Å². The number of hydrogen-bond acceptors (Lipinski definition) is 2. The molecule has 0 aliphatic heterocycles. The van der Waals surface area contributed by atoms with Gasteiger partial charge in [-0.1, -0.05) is 23.7 Å². The fraction of sp³-hybridized carbons (Fsp3) is 0.0667. The summed E-state index contributed by atoms with van der Waals surface area (Å²) < 4.78 is 53.6. The molecule has 0 saturated carbocycles. The first kappa shape index (κ1) is 15.5. The topological polar surface area (TPSA) is 45.8 Å². The summed E-state index contributed by atoms with van der Waals surface area (Å²) >= 11 is 5.58. The highest BCUT2D eigenvalue weighted by Crippen LogP contribution is 2.39. The molecule has 8 heteroatoms. The third-order valence-corrected chi connectivity index (χ3v) is 3.54. The van der Waals surface area contributed by atoms with Gasteiger partial charge in [0.15, 0.2) is 5.82 Å². The van der Waals surface area contributed by atoms with Crippen molar-refractivity contribution in [3.8, 4) is 11.4 Å². The molecule has 23 heavy (non-hydrogen) atoms. The number of fused-ring (bicyclic) bond motifs is 1. The number of benzene rings is 2. The molecule has 0 fully saturated rings. The predicted molar refractivity (Wildman–Crippen MR) is 77.8 cm³/mol. The molecule has 0 aliphatic rings. The van der Waals surface area contributed by atoms with E-state index in [1.165, 1.54) is 12.1 Å². The van der Waals surface area contributed by atoms with Gasteiger partial charge >= 0.3 is 6.18 Å². The van der Waals surface area contributed by atoms with Crippen molar-refractivity contribution in [2.45, 2.75) is 6.18 Å². The van der Waals surface area contributed by atoms with Crippen molar-refractivity contribution in [1.29, 1.82) is 0 Å². The van der Waals surface area contributed by atoms with Crippen LogP contribution in [0.2, 0.25) is 5.02 Å². The number of halogens is 5. The first-order valence-corrected chi connectivity index (χ1v) is 6.71. The van der Waals surface area contributed by atoms with Gasteiger partial charge in [0.1, 0.15) is 5.82 Å². The van der Waals surface area contributed by atoms with E-state index >= 15 is 0 Å². The molecule has 118 valence electrons. The number of hydrogen-bond donors (Lipinski definition) is 1. The number of aromatic nitrogens is 2. The quantitative estimate of drug-likeness (QED) is 0.666. The van der Waals surface area contributed by atoms with Crippen LogP contribution in [0, 0.1) is 5.82 Å². The lowest BCUT2D eigenvalue weighted by Crippen LogP contribution is -2.14. The Kier molecular flexibility index (Phi) is 3.60. The number of para-hydroxylation sites is 1. The maximum atomic E-state index is 14.2. The Bertz CT molecular complexity index is 966. The van der Waals surface area contributed by atoms with Crippen LogP contribution < -0.4 is 5.56 Å². The highest BCUT2D eigenvalue weighted by Gasteiger charge is 2.36. The van der Waals surface area contributed by atoms with Crippen molar-refractivity contribution in [1.82, 2.24) is 9.97 Å². The van der Waals surface area contributed by atoms with E-state index in [4.69, 9.17) is 11.6 Å². The van der Waals surface area contributed by atoms with E-state index in [1.807, 2.05) is 0 Å². The summed E-state index contributed by atoms with van der Waals surface area (Å²) in [5, 5.41) is -0.309. The van der Waals surface area contributed by atoms with Gasteiger partial charge in [0.25, 0.3) is 5.56 Å². The Morgan fingerprint density at radius 2 is 1.78 bits per heavy atom. The van der Waals surface area contributed by atoms with Crippen LogP contribution in [-0.2, 0) is 6.18 Å². The van der Waals surface area contributed by atoms with Gasteiger partial charge in [0, 0.05) is 0 Å². The lowest BCUT2D eigenvalue weighted by molar-refractivity contribution is -0.137. The van der Waals surface area contributed by atoms with E-state index in [1.54, 1.807) is 12.1 Å². The van der Waals surface area contributed by atoms with Crippen molar-refractivity contribution in [2.75, 3.05) is 0 Å². The zero-order valence-electron chi connectivity index (χ0n) is 11.2. The standard InChI is InChI=1S/C15H7ClF4N2O/c16-9-6-5-8(15(18,19)20)11(12(9)17)13-21-10-4-2-1-3-7(10)14(23)22-13/h1-6H,(H,21,22,23). The molecule has 1 heterocycles. The number of H-pyrrole nitrogens is 1. The Morgan fingerprint density at radius 3 is 2.48 bits per heavy atom. The van der Waals surface area contributed by atoms with Crippen LogP contribution in [0.3, 0.4) is 0 Å². The molecule has 0 unspecified atom stereocenters. The van der Waals surface area contributed by atoms with Gasteiger partial charge < -0.3 is 4.98 Å². The second-order valence-corrected chi connectivity index (χ2v) is 5.12. The van der Waals surface area contributed by atoms with E-state index in [9.17, 15) is 22.4 Å². The van der Waals surface area contributed by atoms with Crippen LogP contribution in [0.4, 0.5) is 17.6 Å². The molecule has 0 spiro atoms. The lowest BCUT2D eigenvalue weighted by Gasteiger charge is -2.14. The largest absolute Gasteiger partial charge is 0.417 e. The number of rotatable bonds is 1. The molecule has 3 nitrogen and oxygen atoms in total. The SMILES string of the molecule is O=c1[nH]c(-c2c(C(F)(F)F)ccc(Cl)c2F)nc2ccccc12. The first-order valence-electron chi connectivity index (χ1n) is 6.33. The molecule has 0 bridgehead atoms. The van der Waals surface area contributed by atoms with Crippen molar-refractivity contribution in [2.24, 2.45) is 0 Å². The van der Waals surface area contributed by atoms with E-state index in [0.717, 1.165) is 6.07 Å². The highest BCUT2D eigenvalue weighted by molar-refractivity contribution is 6.31. The zero-order valence-corrected chi connectivity index (χ0v) is 12.0. The summed E-state index contributed by atoms with van der Waals surface area (Å²) in [7, 11) is 0. The maximum Gasteiger partial charge on any atom is 0.417 e.